The zero-order chi connectivity index (χ0) is 8.27. The minimum atomic E-state index is -0.444. The van der Waals surface area contributed by atoms with Gasteiger partial charge in [-0.25, -0.2) is 4.39 Å². The SMILES string of the molecule is [B]C1=C(F)C=NC(OCC)C1. The molecular formula is C7H9BFNO. The fourth-order valence-corrected chi connectivity index (χ4v) is 0.864. The molecule has 0 amide bonds. The van der Waals surface area contributed by atoms with Crippen LogP contribution in [0.1, 0.15) is 13.3 Å². The quantitative estimate of drug-likeness (QED) is 0.545. The predicted octanol–water partition coefficient (Wildman–Crippen LogP) is 1.17. The van der Waals surface area contributed by atoms with E-state index in [1.54, 1.807) is 0 Å². The van der Waals surface area contributed by atoms with Crippen molar-refractivity contribution in [1.82, 2.24) is 0 Å². The largest absolute Gasteiger partial charge is 0.357 e. The van der Waals surface area contributed by atoms with E-state index in [0.29, 0.717) is 13.0 Å². The van der Waals surface area contributed by atoms with Gasteiger partial charge in [-0.2, -0.15) is 0 Å². The number of aliphatic imine (C=N–C) groups is 1. The molecule has 2 nitrogen and oxygen atoms in total. The Morgan fingerprint density at radius 3 is 3.18 bits per heavy atom. The lowest BCUT2D eigenvalue weighted by Crippen LogP contribution is -2.15. The summed E-state index contributed by atoms with van der Waals surface area (Å²) in [6.45, 7) is 2.43. The molecule has 1 aliphatic heterocycles. The van der Waals surface area contributed by atoms with Crippen molar-refractivity contribution >= 4 is 14.1 Å². The maximum atomic E-state index is 12.5. The molecule has 0 N–H and O–H groups in total. The maximum Gasteiger partial charge on any atom is 0.151 e. The summed E-state index contributed by atoms with van der Waals surface area (Å²) < 4.78 is 17.7. The highest BCUT2D eigenvalue weighted by atomic mass is 19.1. The third kappa shape index (κ3) is 2.15. The highest BCUT2D eigenvalue weighted by Gasteiger charge is 2.13. The minimum Gasteiger partial charge on any atom is -0.357 e. The second-order valence-corrected chi connectivity index (χ2v) is 2.27. The van der Waals surface area contributed by atoms with Crippen LogP contribution in [0.3, 0.4) is 0 Å². The van der Waals surface area contributed by atoms with Crippen molar-refractivity contribution in [2.75, 3.05) is 6.61 Å². The summed E-state index contributed by atoms with van der Waals surface area (Å²) in [5, 5.41) is 0. The lowest BCUT2D eigenvalue weighted by molar-refractivity contribution is 0.0699. The number of ether oxygens (including phenoxy) is 1. The minimum absolute atomic E-state index is 0.221. The van der Waals surface area contributed by atoms with E-state index in [1.165, 1.54) is 0 Å². The average Bonchev–Trinajstić information content (AvgIpc) is 1.98. The van der Waals surface area contributed by atoms with Gasteiger partial charge in [-0.15, -0.1) is 0 Å². The normalized spacial score (nSPS) is 24.4. The molecule has 1 atom stereocenters. The van der Waals surface area contributed by atoms with Gasteiger partial charge in [-0.3, -0.25) is 4.99 Å². The van der Waals surface area contributed by atoms with Crippen molar-refractivity contribution < 1.29 is 9.13 Å². The molecule has 58 valence electrons. The van der Waals surface area contributed by atoms with Gasteiger partial charge in [0, 0.05) is 13.0 Å². The van der Waals surface area contributed by atoms with Crippen molar-refractivity contribution in [3.8, 4) is 0 Å². The van der Waals surface area contributed by atoms with Crippen LogP contribution in [0.5, 0.6) is 0 Å². The molecule has 4 heteroatoms. The molecule has 11 heavy (non-hydrogen) atoms. The number of allylic oxidation sites excluding steroid dienone is 1. The molecule has 0 aromatic rings. The molecule has 1 aliphatic rings. The molecule has 1 heterocycles. The highest BCUT2D eigenvalue weighted by Crippen LogP contribution is 2.16. The van der Waals surface area contributed by atoms with Crippen LogP contribution in [0, 0.1) is 0 Å². The van der Waals surface area contributed by atoms with E-state index in [2.05, 4.69) is 4.99 Å². The number of rotatable bonds is 2. The van der Waals surface area contributed by atoms with Crippen LogP contribution in [0.2, 0.25) is 0 Å². The topological polar surface area (TPSA) is 21.6 Å². The Balaban J connectivity index is 2.52. The number of hydrogen-bond acceptors (Lipinski definition) is 2. The van der Waals surface area contributed by atoms with E-state index in [-0.39, 0.29) is 11.7 Å². The van der Waals surface area contributed by atoms with E-state index in [9.17, 15) is 4.39 Å². The van der Waals surface area contributed by atoms with Gasteiger partial charge in [0.1, 0.15) is 13.7 Å². The zero-order valence-electron chi connectivity index (χ0n) is 6.38. The van der Waals surface area contributed by atoms with Gasteiger partial charge in [0.15, 0.2) is 6.23 Å². The van der Waals surface area contributed by atoms with Crippen molar-refractivity contribution in [2.24, 2.45) is 4.99 Å². The standard InChI is InChI=1S/C7H9BFNO/c1-2-11-7-3-5(8)6(9)4-10-7/h4,7H,2-3H2,1H3. The van der Waals surface area contributed by atoms with E-state index < -0.39 is 5.83 Å². The van der Waals surface area contributed by atoms with Crippen LogP contribution < -0.4 is 0 Å². The summed E-state index contributed by atoms with van der Waals surface area (Å²) >= 11 is 0. The fraction of sp³-hybridized carbons (Fsp3) is 0.571. The Morgan fingerprint density at radius 2 is 2.64 bits per heavy atom. The van der Waals surface area contributed by atoms with Crippen LogP contribution in [-0.4, -0.2) is 26.9 Å². The van der Waals surface area contributed by atoms with E-state index in [4.69, 9.17) is 12.6 Å². The Labute approximate surface area is 66.6 Å². The van der Waals surface area contributed by atoms with Crippen molar-refractivity contribution in [1.29, 1.82) is 0 Å². The van der Waals surface area contributed by atoms with Crippen LogP contribution in [0.15, 0.2) is 16.3 Å². The summed E-state index contributed by atoms with van der Waals surface area (Å²) in [4.78, 5) is 3.79. The first kappa shape index (κ1) is 8.46. The van der Waals surface area contributed by atoms with Gasteiger partial charge >= 0.3 is 0 Å². The molecule has 1 rings (SSSR count). The average molecular weight is 153 g/mol. The second kappa shape index (κ2) is 3.67. The summed E-state index contributed by atoms with van der Waals surface area (Å²) in [6.07, 6.45) is 1.18. The summed E-state index contributed by atoms with van der Waals surface area (Å²) in [5.41, 5.74) is 0.221. The van der Waals surface area contributed by atoms with Gasteiger partial charge in [-0.05, 0) is 6.92 Å². The first-order valence-electron chi connectivity index (χ1n) is 3.53. The molecule has 0 bridgehead atoms. The van der Waals surface area contributed by atoms with Gasteiger partial charge in [-0.1, -0.05) is 5.47 Å². The van der Waals surface area contributed by atoms with Crippen molar-refractivity contribution in [3.05, 3.63) is 11.3 Å². The van der Waals surface area contributed by atoms with E-state index in [1.807, 2.05) is 6.92 Å². The summed E-state index contributed by atoms with van der Waals surface area (Å²) in [6, 6.07) is 0. The number of nitrogens with zero attached hydrogens (tertiary/aromatic N) is 1. The van der Waals surface area contributed by atoms with Crippen molar-refractivity contribution in [2.45, 2.75) is 19.6 Å². The maximum absolute atomic E-state index is 12.5. The number of hydrogen-bond donors (Lipinski definition) is 0. The molecule has 2 radical (unpaired) electrons. The van der Waals surface area contributed by atoms with Crippen LogP contribution in [0.25, 0.3) is 0 Å². The molecule has 0 fully saturated rings. The van der Waals surface area contributed by atoms with Crippen LogP contribution in [-0.2, 0) is 4.74 Å². The molecular weight excluding hydrogens is 144 g/mol. The lowest BCUT2D eigenvalue weighted by Gasteiger charge is -2.16. The fourth-order valence-electron chi connectivity index (χ4n) is 0.864. The highest BCUT2D eigenvalue weighted by molar-refractivity contribution is 6.23. The molecule has 0 aromatic heterocycles. The second-order valence-electron chi connectivity index (χ2n) is 2.27. The first-order valence-corrected chi connectivity index (χ1v) is 3.53. The number of dihydropyridines is 1. The molecule has 1 unspecified atom stereocenters. The smallest absolute Gasteiger partial charge is 0.151 e. The molecule has 0 saturated carbocycles. The zero-order valence-corrected chi connectivity index (χ0v) is 6.38. The summed E-state index contributed by atoms with van der Waals surface area (Å²) in [7, 11) is 5.33. The van der Waals surface area contributed by atoms with Crippen molar-refractivity contribution in [3.63, 3.8) is 0 Å². The summed E-state index contributed by atoms with van der Waals surface area (Å²) in [5.74, 6) is -0.444. The van der Waals surface area contributed by atoms with Gasteiger partial charge < -0.3 is 4.74 Å². The van der Waals surface area contributed by atoms with Gasteiger partial charge in [0.05, 0.1) is 6.21 Å². The molecule has 0 aliphatic carbocycles. The Kier molecular flexibility index (Phi) is 2.82. The van der Waals surface area contributed by atoms with Crippen LogP contribution in [0.4, 0.5) is 4.39 Å². The van der Waals surface area contributed by atoms with Crippen LogP contribution >= 0.6 is 0 Å². The molecule has 0 spiro atoms. The Hall–Kier alpha value is -0.635. The molecule has 0 aromatic carbocycles. The monoisotopic (exact) mass is 153 g/mol. The van der Waals surface area contributed by atoms with Gasteiger partial charge in [0.2, 0.25) is 0 Å². The predicted molar refractivity (Wildman–Crippen MR) is 42.4 cm³/mol. The third-order valence-electron chi connectivity index (χ3n) is 1.41. The molecule has 0 saturated heterocycles. The van der Waals surface area contributed by atoms with Gasteiger partial charge in [0.25, 0.3) is 0 Å². The Bertz CT molecular complexity index is 203. The van der Waals surface area contributed by atoms with E-state index in [0.717, 1.165) is 6.21 Å². The third-order valence-corrected chi connectivity index (χ3v) is 1.41. The van der Waals surface area contributed by atoms with E-state index >= 15 is 0 Å². The first-order chi connectivity index (χ1) is 5.24. The number of halogens is 1. The lowest BCUT2D eigenvalue weighted by atomic mass is 9.90. The Morgan fingerprint density at radius 1 is 1.91 bits per heavy atom.